The molecule has 2 aromatic heterocycles. The number of nitrogens with zero attached hydrogens (tertiary/aromatic N) is 3. The lowest BCUT2D eigenvalue weighted by molar-refractivity contribution is -0.123. The lowest BCUT2D eigenvalue weighted by Crippen LogP contribution is -2.45. The van der Waals surface area contributed by atoms with Crippen molar-refractivity contribution in [2.45, 2.75) is 58.5 Å². The molecule has 12 heteroatoms. The minimum atomic E-state index is -0.678. The van der Waals surface area contributed by atoms with Gasteiger partial charge < -0.3 is 30.2 Å². The number of anilines is 1. The SMILES string of the molecule is CC[C@H](C)[C@@H](Nc1ccc2c(cc1=O)[C@H](NC(C)=O)CCc1cc(OC)c(OC)c(OC)c1-2)C(=O)NCCc1nnc2ccccn12. The van der Waals surface area contributed by atoms with E-state index in [2.05, 4.69) is 26.1 Å². The molecule has 0 bridgehead atoms. The number of benzene rings is 1. The van der Waals surface area contributed by atoms with Crippen molar-refractivity contribution >= 4 is 23.1 Å². The molecule has 0 fully saturated rings. The quantitative estimate of drug-likeness (QED) is 0.208. The first kappa shape index (κ1) is 33.2. The normalized spacial score (nSPS) is 15.0. The Morgan fingerprint density at radius 2 is 1.83 bits per heavy atom. The third kappa shape index (κ3) is 6.86. The van der Waals surface area contributed by atoms with Crippen molar-refractivity contribution in [3.05, 3.63) is 75.8 Å². The summed E-state index contributed by atoms with van der Waals surface area (Å²) in [6.07, 6.45) is 4.23. The van der Waals surface area contributed by atoms with E-state index in [0.717, 1.165) is 22.6 Å². The molecule has 0 saturated heterocycles. The van der Waals surface area contributed by atoms with E-state index < -0.39 is 12.1 Å². The number of aryl methyl sites for hydroxylation is 1. The van der Waals surface area contributed by atoms with Crippen molar-refractivity contribution in [1.29, 1.82) is 0 Å². The average molecular weight is 643 g/mol. The summed E-state index contributed by atoms with van der Waals surface area (Å²) in [6.45, 7) is 5.78. The minimum Gasteiger partial charge on any atom is -0.493 e. The van der Waals surface area contributed by atoms with Gasteiger partial charge in [0, 0.05) is 31.6 Å². The highest BCUT2D eigenvalue weighted by Crippen LogP contribution is 2.50. The lowest BCUT2D eigenvalue weighted by Gasteiger charge is -2.24. The Morgan fingerprint density at radius 3 is 2.53 bits per heavy atom. The Labute approximate surface area is 273 Å². The molecule has 3 N–H and O–H groups in total. The van der Waals surface area contributed by atoms with Crippen LogP contribution < -0.4 is 35.6 Å². The van der Waals surface area contributed by atoms with Crippen LogP contribution >= 0.6 is 0 Å². The minimum absolute atomic E-state index is 0.0867. The fraction of sp³-hybridized carbons (Fsp3) is 0.400. The fourth-order valence-corrected chi connectivity index (χ4v) is 6.17. The summed E-state index contributed by atoms with van der Waals surface area (Å²) in [7, 11) is 4.67. The number of hydrogen-bond acceptors (Lipinski definition) is 9. The van der Waals surface area contributed by atoms with Crippen LogP contribution in [0.5, 0.6) is 17.2 Å². The predicted octanol–water partition coefficient (Wildman–Crippen LogP) is 4.09. The molecule has 0 saturated carbocycles. The number of fused-ring (bicyclic) bond motifs is 4. The Bertz CT molecular complexity index is 1840. The van der Waals surface area contributed by atoms with E-state index in [4.69, 9.17) is 14.2 Å². The largest absolute Gasteiger partial charge is 0.493 e. The van der Waals surface area contributed by atoms with Gasteiger partial charge in [-0.1, -0.05) is 32.4 Å². The second-order valence-electron chi connectivity index (χ2n) is 11.7. The molecule has 47 heavy (non-hydrogen) atoms. The van der Waals surface area contributed by atoms with Crippen LogP contribution in [0.2, 0.25) is 0 Å². The van der Waals surface area contributed by atoms with Crippen molar-refractivity contribution in [3.63, 3.8) is 0 Å². The van der Waals surface area contributed by atoms with Crippen LogP contribution in [0.1, 0.15) is 56.6 Å². The molecule has 2 aromatic carbocycles. The maximum absolute atomic E-state index is 13.9. The Kier molecular flexibility index (Phi) is 10.3. The molecule has 4 aromatic rings. The van der Waals surface area contributed by atoms with Gasteiger partial charge in [0.05, 0.1) is 33.1 Å². The summed E-state index contributed by atoms with van der Waals surface area (Å²) in [6, 6.07) is 11.6. The topological polar surface area (TPSA) is 145 Å². The van der Waals surface area contributed by atoms with Crippen molar-refractivity contribution in [3.8, 4) is 28.4 Å². The molecule has 1 aliphatic carbocycles. The van der Waals surface area contributed by atoms with Gasteiger partial charge in [-0.2, -0.15) is 0 Å². The van der Waals surface area contributed by atoms with Crippen molar-refractivity contribution in [2.24, 2.45) is 5.92 Å². The molecule has 0 radical (unpaired) electrons. The molecule has 248 valence electrons. The number of aromatic nitrogens is 3. The van der Waals surface area contributed by atoms with Crippen LogP contribution in [0.25, 0.3) is 16.8 Å². The number of ether oxygens (including phenoxy) is 3. The third-order valence-electron chi connectivity index (χ3n) is 8.75. The van der Waals surface area contributed by atoms with Crippen molar-refractivity contribution < 1.29 is 23.8 Å². The van der Waals surface area contributed by atoms with E-state index >= 15 is 0 Å². The van der Waals surface area contributed by atoms with Crippen LogP contribution in [-0.4, -0.2) is 60.3 Å². The number of amides is 2. The summed E-state index contributed by atoms with van der Waals surface area (Å²) in [5, 5.41) is 17.7. The second kappa shape index (κ2) is 14.5. The number of hydrogen-bond donors (Lipinski definition) is 3. The maximum Gasteiger partial charge on any atom is 0.242 e. The van der Waals surface area contributed by atoms with Gasteiger partial charge in [-0.15, -0.1) is 10.2 Å². The zero-order valence-electron chi connectivity index (χ0n) is 27.7. The van der Waals surface area contributed by atoms with Gasteiger partial charge in [0.25, 0.3) is 0 Å². The summed E-state index contributed by atoms with van der Waals surface area (Å²) in [5.74, 6) is 1.64. The van der Waals surface area contributed by atoms with Crippen LogP contribution in [0.3, 0.4) is 0 Å². The first-order valence-corrected chi connectivity index (χ1v) is 15.8. The van der Waals surface area contributed by atoms with E-state index in [1.165, 1.54) is 6.92 Å². The Hall–Kier alpha value is -5.13. The Morgan fingerprint density at radius 1 is 1.04 bits per heavy atom. The van der Waals surface area contributed by atoms with Gasteiger partial charge in [-0.25, -0.2) is 0 Å². The average Bonchev–Trinajstić information content (AvgIpc) is 3.34. The molecule has 5 rings (SSSR count). The standard InChI is InChI=1S/C35H42N6O6/c1-7-20(2)32(35(44)36-16-15-30-40-39-29-10-8-9-17-41(29)30)38-26-14-12-23-24(19-27(26)43)25(37-21(3)42)13-11-22-18-28(45-4)33(46-5)34(47-6)31(22)23/h8-10,12,14,17-20,25,32H,7,11,13,15-16H2,1-6H3,(H,36,44)(H,37,42)(H,38,43)/t20-,25+,32+/m0/s1. The second-order valence-corrected chi connectivity index (χ2v) is 11.7. The molecular formula is C35H42N6O6. The lowest BCUT2D eigenvalue weighted by atomic mass is 9.95. The first-order chi connectivity index (χ1) is 22.7. The highest BCUT2D eigenvalue weighted by Gasteiger charge is 2.30. The fourth-order valence-electron chi connectivity index (χ4n) is 6.17. The van der Waals surface area contributed by atoms with E-state index in [0.29, 0.717) is 60.6 Å². The van der Waals surface area contributed by atoms with Gasteiger partial charge in [0.1, 0.15) is 11.9 Å². The molecule has 0 unspecified atom stereocenters. The monoisotopic (exact) mass is 642 g/mol. The van der Waals surface area contributed by atoms with Gasteiger partial charge in [0.15, 0.2) is 17.1 Å². The van der Waals surface area contributed by atoms with E-state index in [9.17, 15) is 14.4 Å². The molecule has 12 nitrogen and oxygen atoms in total. The summed E-state index contributed by atoms with van der Waals surface area (Å²) < 4.78 is 19.1. The predicted molar refractivity (Wildman–Crippen MR) is 179 cm³/mol. The van der Waals surface area contributed by atoms with Crippen LogP contribution in [0.4, 0.5) is 5.69 Å². The van der Waals surface area contributed by atoms with Gasteiger partial charge >= 0.3 is 0 Å². The highest BCUT2D eigenvalue weighted by atomic mass is 16.5. The zero-order chi connectivity index (χ0) is 33.7. The number of pyridine rings is 1. The van der Waals surface area contributed by atoms with Crippen LogP contribution in [0, 0.1) is 5.92 Å². The third-order valence-corrected chi connectivity index (χ3v) is 8.75. The number of methoxy groups -OCH3 is 3. The Balaban J connectivity index is 1.50. The molecule has 0 spiro atoms. The molecule has 2 amide bonds. The molecule has 3 atom stereocenters. The summed E-state index contributed by atoms with van der Waals surface area (Å²) in [4.78, 5) is 39.8. The summed E-state index contributed by atoms with van der Waals surface area (Å²) in [5.41, 5.74) is 3.75. The zero-order valence-corrected chi connectivity index (χ0v) is 27.7. The van der Waals surface area contributed by atoms with Gasteiger partial charge in [0.2, 0.25) is 23.0 Å². The molecule has 1 aliphatic rings. The van der Waals surface area contributed by atoms with Crippen LogP contribution in [0.15, 0.2) is 53.5 Å². The van der Waals surface area contributed by atoms with E-state index in [1.807, 2.05) is 54.8 Å². The number of rotatable bonds is 12. The molecule has 0 aliphatic heterocycles. The summed E-state index contributed by atoms with van der Waals surface area (Å²) >= 11 is 0. The van der Waals surface area contributed by atoms with Crippen molar-refractivity contribution in [2.75, 3.05) is 33.2 Å². The number of carbonyl (C=O) groups is 2. The highest BCUT2D eigenvalue weighted by molar-refractivity contribution is 5.86. The first-order valence-electron chi connectivity index (χ1n) is 15.8. The smallest absolute Gasteiger partial charge is 0.242 e. The number of carbonyl (C=O) groups excluding carboxylic acids is 2. The number of nitrogens with one attached hydrogen (secondary N) is 3. The molecular weight excluding hydrogens is 600 g/mol. The van der Waals surface area contributed by atoms with E-state index in [1.54, 1.807) is 33.5 Å². The van der Waals surface area contributed by atoms with E-state index in [-0.39, 0.29) is 28.8 Å². The molecule has 2 heterocycles. The van der Waals surface area contributed by atoms with Gasteiger partial charge in [-0.3, -0.25) is 18.8 Å². The maximum atomic E-state index is 13.9. The van der Waals surface area contributed by atoms with Crippen LogP contribution in [-0.2, 0) is 22.4 Å². The van der Waals surface area contributed by atoms with Gasteiger partial charge in [-0.05, 0) is 65.8 Å². The van der Waals surface area contributed by atoms with Crippen molar-refractivity contribution in [1.82, 2.24) is 25.2 Å².